The maximum absolute atomic E-state index is 12.1. The quantitative estimate of drug-likeness (QED) is 0.252. The molecule has 0 aromatic heterocycles. The Kier molecular flexibility index (Phi) is 12.1. The van der Waals surface area contributed by atoms with E-state index in [4.69, 9.17) is 0 Å². The van der Waals surface area contributed by atoms with Crippen molar-refractivity contribution in [2.75, 3.05) is 30.9 Å². The lowest BCUT2D eigenvalue weighted by Crippen LogP contribution is -2.43. The number of carbonyl (C=O) groups excluding carboxylic acids is 1. The van der Waals surface area contributed by atoms with Gasteiger partial charge in [0.2, 0.25) is 5.91 Å². The molecule has 0 heterocycles. The third-order valence-electron chi connectivity index (χ3n) is 3.64. The molecule has 1 aromatic carbocycles. The van der Waals surface area contributed by atoms with Gasteiger partial charge < -0.3 is 16.0 Å². The molecule has 0 aliphatic carbocycles. The molecule has 0 aliphatic heterocycles. The zero-order chi connectivity index (χ0) is 19.7. The van der Waals surface area contributed by atoms with E-state index >= 15 is 0 Å². The summed E-state index contributed by atoms with van der Waals surface area (Å²) in [6.45, 7) is 4.24. The van der Waals surface area contributed by atoms with Gasteiger partial charge >= 0.3 is 0 Å². The Balaban J connectivity index is 0.00000676. The van der Waals surface area contributed by atoms with Crippen LogP contribution in [0.15, 0.2) is 27.7 Å². The van der Waals surface area contributed by atoms with E-state index in [1.165, 1.54) is 6.26 Å². The first-order valence-electron chi connectivity index (χ1n) is 8.31. The van der Waals surface area contributed by atoms with Crippen molar-refractivity contribution in [3.8, 4) is 0 Å². The summed E-state index contributed by atoms with van der Waals surface area (Å²) in [4.78, 5) is 16.1. The second-order valence-corrected chi connectivity index (χ2v) is 9.40. The minimum atomic E-state index is -2.98. The van der Waals surface area contributed by atoms with Crippen LogP contribution in [-0.2, 0) is 14.6 Å². The number of sulfone groups is 1. The van der Waals surface area contributed by atoms with E-state index in [0.29, 0.717) is 18.9 Å². The molecule has 0 aliphatic rings. The molecular formula is C17H28BrIN4O3S. The summed E-state index contributed by atoms with van der Waals surface area (Å²) >= 11 is 3.39. The molecule has 1 rings (SSSR count). The van der Waals surface area contributed by atoms with Gasteiger partial charge in [-0.15, -0.1) is 24.0 Å². The van der Waals surface area contributed by atoms with Crippen molar-refractivity contribution in [2.45, 2.75) is 32.7 Å². The highest BCUT2D eigenvalue weighted by Gasteiger charge is 2.10. The number of carbonyl (C=O) groups is 1. The van der Waals surface area contributed by atoms with Crippen LogP contribution >= 0.6 is 39.9 Å². The molecular weight excluding hydrogens is 547 g/mol. The Bertz CT molecular complexity index is 757. The van der Waals surface area contributed by atoms with Crippen LogP contribution in [0.2, 0.25) is 0 Å². The van der Waals surface area contributed by atoms with Crippen molar-refractivity contribution in [1.82, 2.24) is 10.6 Å². The monoisotopic (exact) mass is 574 g/mol. The third-order valence-corrected chi connectivity index (χ3v) is 5.11. The predicted octanol–water partition coefficient (Wildman–Crippen LogP) is 2.69. The molecule has 1 atom stereocenters. The first-order valence-corrected chi connectivity index (χ1v) is 11.2. The Morgan fingerprint density at radius 2 is 2.00 bits per heavy atom. The third kappa shape index (κ3) is 11.5. The maximum atomic E-state index is 12.1. The molecule has 0 fully saturated rings. The van der Waals surface area contributed by atoms with E-state index in [2.05, 4.69) is 36.9 Å². The second kappa shape index (κ2) is 12.6. The number of aryl methyl sites for hydroxylation is 1. The Morgan fingerprint density at radius 3 is 2.56 bits per heavy atom. The Morgan fingerprint density at radius 1 is 1.33 bits per heavy atom. The topological polar surface area (TPSA) is 99.7 Å². The fourth-order valence-electron chi connectivity index (χ4n) is 2.17. The van der Waals surface area contributed by atoms with Gasteiger partial charge in [0, 0.05) is 42.5 Å². The Hall–Kier alpha value is -0.880. The number of aliphatic imine (C=N–C) groups is 1. The number of hydrogen-bond donors (Lipinski definition) is 3. The molecule has 27 heavy (non-hydrogen) atoms. The average molecular weight is 575 g/mol. The summed E-state index contributed by atoms with van der Waals surface area (Å²) in [6.07, 6.45) is 2.00. The highest BCUT2D eigenvalue weighted by atomic mass is 127. The van der Waals surface area contributed by atoms with Gasteiger partial charge in [0.1, 0.15) is 9.84 Å². The SMILES string of the molecule is CN=C(NCCC(=O)Nc1ccc(Br)cc1C)NC(C)CCS(C)(=O)=O.I. The smallest absolute Gasteiger partial charge is 0.226 e. The molecule has 0 spiro atoms. The average Bonchev–Trinajstić information content (AvgIpc) is 2.54. The summed E-state index contributed by atoms with van der Waals surface area (Å²) in [6, 6.07) is 5.63. The van der Waals surface area contributed by atoms with E-state index in [-0.39, 0.29) is 48.1 Å². The molecule has 0 saturated heterocycles. The lowest BCUT2D eigenvalue weighted by Gasteiger charge is -2.17. The fraction of sp³-hybridized carbons (Fsp3) is 0.529. The molecule has 7 nitrogen and oxygen atoms in total. The summed E-state index contributed by atoms with van der Waals surface area (Å²) < 4.78 is 23.4. The van der Waals surface area contributed by atoms with Crippen LogP contribution in [0.5, 0.6) is 0 Å². The number of anilines is 1. The van der Waals surface area contributed by atoms with Crippen molar-refractivity contribution in [1.29, 1.82) is 0 Å². The van der Waals surface area contributed by atoms with Crippen LogP contribution in [0.3, 0.4) is 0 Å². The van der Waals surface area contributed by atoms with Crippen molar-refractivity contribution in [3.63, 3.8) is 0 Å². The van der Waals surface area contributed by atoms with E-state index in [0.717, 1.165) is 15.7 Å². The first kappa shape index (κ1) is 26.1. The van der Waals surface area contributed by atoms with Gasteiger partial charge in [-0.3, -0.25) is 9.79 Å². The second-order valence-electron chi connectivity index (χ2n) is 6.22. The largest absolute Gasteiger partial charge is 0.356 e. The maximum Gasteiger partial charge on any atom is 0.226 e. The zero-order valence-electron chi connectivity index (χ0n) is 16.0. The van der Waals surface area contributed by atoms with E-state index in [1.54, 1.807) is 7.05 Å². The Labute approximate surface area is 187 Å². The van der Waals surface area contributed by atoms with Gasteiger partial charge in [0.25, 0.3) is 0 Å². The van der Waals surface area contributed by atoms with Crippen LogP contribution in [0.1, 0.15) is 25.3 Å². The van der Waals surface area contributed by atoms with Crippen LogP contribution < -0.4 is 16.0 Å². The molecule has 0 radical (unpaired) electrons. The molecule has 0 saturated carbocycles. The number of halogens is 2. The highest BCUT2D eigenvalue weighted by Crippen LogP contribution is 2.20. The van der Waals surface area contributed by atoms with Crippen molar-refractivity contribution in [3.05, 3.63) is 28.2 Å². The minimum Gasteiger partial charge on any atom is -0.356 e. The molecule has 10 heteroatoms. The predicted molar refractivity (Wildman–Crippen MR) is 126 cm³/mol. The summed E-state index contributed by atoms with van der Waals surface area (Å²) in [5.74, 6) is 0.565. The zero-order valence-corrected chi connectivity index (χ0v) is 20.7. The summed E-state index contributed by atoms with van der Waals surface area (Å²) in [5, 5.41) is 9.05. The fourth-order valence-corrected chi connectivity index (χ4v) is 3.42. The van der Waals surface area contributed by atoms with Crippen molar-refractivity contribution >= 4 is 67.3 Å². The normalized spacial score (nSPS) is 12.7. The standard InChI is InChI=1S/C17H27BrN4O3S.HI/c1-12-11-14(18)5-6-15(12)22-16(23)7-9-20-17(19-3)21-13(2)8-10-26(4,24)25;/h5-6,11,13H,7-10H2,1-4H3,(H,22,23)(H2,19,20,21);1H. The number of benzene rings is 1. The van der Waals surface area contributed by atoms with Crippen LogP contribution in [0.25, 0.3) is 0 Å². The molecule has 3 N–H and O–H groups in total. The lowest BCUT2D eigenvalue weighted by molar-refractivity contribution is -0.116. The summed E-state index contributed by atoms with van der Waals surface area (Å²) in [5.41, 5.74) is 1.77. The van der Waals surface area contributed by atoms with Crippen LogP contribution in [-0.4, -0.2) is 51.9 Å². The van der Waals surface area contributed by atoms with Crippen molar-refractivity contribution in [2.24, 2.45) is 4.99 Å². The van der Waals surface area contributed by atoms with Crippen LogP contribution in [0, 0.1) is 6.92 Å². The van der Waals surface area contributed by atoms with Gasteiger partial charge in [0.05, 0.1) is 5.75 Å². The molecule has 1 unspecified atom stereocenters. The van der Waals surface area contributed by atoms with Gasteiger partial charge in [-0.2, -0.15) is 0 Å². The molecule has 1 amide bonds. The number of nitrogens with one attached hydrogen (secondary N) is 3. The van der Waals surface area contributed by atoms with Crippen molar-refractivity contribution < 1.29 is 13.2 Å². The molecule has 154 valence electrons. The first-order chi connectivity index (χ1) is 12.1. The van der Waals surface area contributed by atoms with E-state index in [9.17, 15) is 13.2 Å². The number of hydrogen-bond acceptors (Lipinski definition) is 4. The van der Waals surface area contributed by atoms with Gasteiger partial charge in [-0.05, 0) is 44.0 Å². The minimum absolute atomic E-state index is 0. The van der Waals surface area contributed by atoms with E-state index < -0.39 is 9.84 Å². The number of amides is 1. The number of guanidine groups is 1. The number of rotatable bonds is 8. The van der Waals surface area contributed by atoms with Gasteiger partial charge in [-0.1, -0.05) is 15.9 Å². The molecule has 1 aromatic rings. The van der Waals surface area contributed by atoms with Gasteiger partial charge in [-0.25, -0.2) is 8.42 Å². The lowest BCUT2D eigenvalue weighted by atomic mass is 10.2. The number of nitrogens with zero attached hydrogens (tertiary/aromatic N) is 1. The summed E-state index contributed by atoms with van der Waals surface area (Å²) in [7, 11) is -1.35. The highest BCUT2D eigenvalue weighted by molar-refractivity contribution is 14.0. The van der Waals surface area contributed by atoms with E-state index in [1.807, 2.05) is 32.0 Å². The molecule has 0 bridgehead atoms. The van der Waals surface area contributed by atoms with Crippen LogP contribution in [0.4, 0.5) is 5.69 Å². The van der Waals surface area contributed by atoms with Gasteiger partial charge in [0.15, 0.2) is 5.96 Å².